The largest absolute Gasteiger partial charge is 0.465 e. The van der Waals surface area contributed by atoms with Gasteiger partial charge in [-0.1, -0.05) is 46.3 Å². The molecule has 3 aromatic rings. The number of carbonyl (C=O) groups excluding carboxylic acids is 4. The van der Waals surface area contributed by atoms with E-state index in [1.165, 1.54) is 4.90 Å². The normalized spacial score (nSPS) is 11.9. The topological polar surface area (TPSA) is 97.7 Å². The van der Waals surface area contributed by atoms with Gasteiger partial charge in [0.1, 0.15) is 6.54 Å². The number of hydrogen-bond donors (Lipinski definition) is 1. The summed E-state index contributed by atoms with van der Waals surface area (Å²) in [6, 6.07) is 17.0. The average Bonchev–Trinajstić information content (AvgIpc) is 3.29. The Morgan fingerprint density at radius 1 is 0.973 bits per heavy atom. The van der Waals surface area contributed by atoms with Gasteiger partial charge in [-0.3, -0.25) is 24.1 Å². The predicted octanol–water partition coefficient (Wildman–Crippen LogP) is 4.69. The molecule has 1 aromatic heterocycles. The number of carbonyl (C=O) groups is 4. The number of amides is 2. The Balaban J connectivity index is 2.18. The number of halogens is 1. The van der Waals surface area contributed by atoms with Crippen LogP contribution in [0.5, 0.6) is 0 Å². The van der Waals surface area contributed by atoms with Crippen molar-refractivity contribution in [3.8, 4) is 0 Å². The SMILES string of the molecule is CCOC(=O)Cn1cccc1[C@@H](C(=O)NC(C)(C)C)N(C(=O)C(=O)c1ccccc1)c1ccc(Br)cc1. The fourth-order valence-electron chi connectivity index (χ4n) is 3.79. The van der Waals surface area contributed by atoms with Crippen LogP contribution in [0, 0.1) is 0 Å². The van der Waals surface area contributed by atoms with Crippen LogP contribution in [0.25, 0.3) is 0 Å². The number of anilines is 1. The smallest absolute Gasteiger partial charge is 0.325 e. The Bertz CT molecular complexity index is 1260. The minimum absolute atomic E-state index is 0.162. The van der Waals surface area contributed by atoms with Gasteiger partial charge in [0.2, 0.25) is 5.91 Å². The molecule has 0 unspecified atom stereocenters. The van der Waals surface area contributed by atoms with Crippen LogP contribution in [-0.2, 0) is 25.7 Å². The number of benzene rings is 2. The highest BCUT2D eigenvalue weighted by Crippen LogP contribution is 2.31. The lowest BCUT2D eigenvalue weighted by atomic mass is 10.0. The molecule has 0 saturated heterocycles. The highest BCUT2D eigenvalue weighted by molar-refractivity contribution is 9.10. The zero-order valence-corrected chi connectivity index (χ0v) is 22.8. The number of Topliss-reactive ketones (excluding diaryl/α,β-unsaturated/α-hetero) is 1. The Labute approximate surface area is 224 Å². The highest BCUT2D eigenvalue weighted by Gasteiger charge is 2.39. The number of ether oxygens (including phenoxy) is 1. The van der Waals surface area contributed by atoms with Crippen LogP contribution < -0.4 is 10.2 Å². The third kappa shape index (κ3) is 7.16. The van der Waals surface area contributed by atoms with E-state index in [9.17, 15) is 19.2 Å². The van der Waals surface area contributed by atoms with Gasteiger partial charge in [0.15, 0.2) is 6.04 Å². The van der Waals surface area contributed by atoms with E-state index in [-0.39, 0.29) is 18.7 Å². The fraction of sp³-hybridized carbons (Fsp3) is 0.286. The summed E-state index contributed by atoms with van der Waals surface area (Å²) in [5.41, 5.74) is 0.264. The molecule has 0 saturated carbocycles. The van der Waals surface area contributed by atoms with E-state index in [2.05, 4.69) is 21.2 Å². The van der Waals surface area contributed by atoms with Crippen LogP contribution in [0.4, 0.5) is 5.69 Å². The van der Waals surface area contributed by atoms with Crippen molar-refractivity contribution in [3.63, 3.8) is 0 Å². The van der Waals surface area contributed by atoms with E-state index in [4.69, 9.17) is 4.74 Å². The number of hydrogen-bond acceptors (Lipinski definition) is 5. The molecule has 2 amide bonds. The molecule has 0 aliphatic rings. The van der Waals surface area contributed by atoms with Crippen LogP contribution in [0.2, 0.25) is 0 Å². The van der Waals surface area contributed by atoms with Gasteiger partial charge in [0, 0.05) is 27.5 Å². The molecule has 0 spiro atoms. The van der Waals surface area contributed by atoms with Gasteiger partial charge in [-0.15, -0.1) is 0 Å². The molecule has 0 fully saturated rings. The van der Waals surface area contributed by atoms with Gasteiger partial charge >= 0.3 is 5.97 Å². The molecule has 3 rings (SSSR count). The number of nitrogens with zero attached hydrogens (tertiary/aromatic N) is 2. The summed E-state index contributed by atoms with van der Waals surface area (Å²) in [5, 5.41) is 2.93. The van der Waals surface area contributed by atoms with E-state index in [0.29, 0.717) is 11.4 Å². The van der Waals surface area contributed by atoms with Crippen molar-refractivity contribution in [2.75, 3.05) is 11.5 Å². The highest BCUT2D eigenvalue weighted by atomic mass is 79.9. The maximum atomic E-state index is 13.9. The third-order valence-corrected chi connectivity index (χ3v) is 5.84. The van der Waals surface area contributed by atoms with Gasteiger partial charge < -0.3 is 14.6 Å². The maximum Gasteiger partial charge on any atom is 0.325 e. The van der Waals surface area contributed by atoms with E-state index in [0.717, 1.165) is 4.47 Å². The van der Waals surface area contributed by atoms with E-state index in [1.54, 1.807) is 84.4 Å². The minimum Gasteiger partial charge on any atom is -0.465 e. The van der Waals surface area contributed by atoms with Crippen LogP contribution >= 0.6 is 15.9 Å². The Morgan fingerprint density at radius 2 is 1.62 bits per heavy atom. The van der Waals surface area contributed by atoms with Crippen molar-refractivity contribution in [1.82, 2.24) is 9.88 Å². The lowest BCUT2D eigenvalue weighted by Gasteiger charge is -2.33. The summed E-state index contributed by atoms with van der Waals surface area (Å²) >= 11 is 3.39. The summed E-state index contributed by atoms with van der Waals surface area (Å²) < 4.78 is 7.41. The molecule has 0 aliphatic carbocycles. The van der Waals surface area contributed by atoms with Gasteiger partial charge in [0.05, 0.1) is 12.3 Å². The number of nitrogens with one attached hydrogen (secondary N) is 1. The molecule has 8 nitrogen and oxygen atoms in total. The van der Waals surface area contributed by atoms with Crippen molar-refractivity contribution < 1.29 is 23.9 Å². The molecule has 1 atom stereocenters. The minimum atomic E-state index is -1.26. The molecule has 0 radical (unpaired) electrons. The van der Waals surface area contributed by atoms with Gasteiger partial charge in [-0.2, -0.15) is 0 Å². The number of esters is 1. The van der Waals surface area contributed by atoms with Crippen molar-refractivity contribution in [1.29, 1.82) is 0 Å². The van der Waals surface area contributed by atoms with Crippen molar-refractivity contribution in [3.05, 3.63) is 88.7 Å². The molecule has 0 bridgehead atoms. The molecule has 9 heteroatoms. The van der Waals surface area contributed by atoms with Crippen LogP contribution in [-0.4, -0.2) is 40.3 Å². The van der Waals surface area contributed by atoms with Gasteiger partial charge in [-0.25, -0.2) is 0 Å². The van der Waals surface area contributed by atoms with Crippen molar-refractivity contribution in [2.24, 2.45) is 0 Å². The second-order valence-electron chi connectivity index (χ2n) is 9.35. The Morgan fingerprint density at radius 3 is 2.22 bits per heavy atom. The first-order valence-corrected chi connectivity index (χ1v) is 12.6. The van der Waals surface area contributed by atoms with Crippen LogP contribution in [0.3, 0.4) is 0 Å². The predicted molar refractivity (Wildman–Crippen MR) is 144 cm³/mol. The van der Waals surface area contributed by atoms with E-state index >= 15 is 0 Å². The van der Waals surface area contributed by atoms with E-state index < -0.39 is 35.1 Å². The fourth-order valence-corrected chi connectivity index (χ4v) is 4.06. The summed E-state index contributed by atoms with van der Waals surface area (Å²) in [5.74, 6) is -2.64. The molecular formula is C28H30BrN3O5. The molecule has 1 N–H and O–H groups in total. The number of ketones is 1. The first kappa shape index (κ1) is 27.9. The van der Waals surface area contributed by atoms with E-state index in [1.807, 2.05) is 20.8 Å². The second-order valence-corrected chi connectivity index (χ2v) is 10.3. The zero-order valence-electron chi connectivity index (χ0n) is 21.2. The second kappa shape index (κ2) is 12.0. The quantitative estimate of drug-likeness (QED) is 0.230. The summed E-state index contributed by atoms with van der Waals surface area (Å²) in [7, 11) is 0. The van der Waals surface area contributed by atoms with Gasteiger partial charge in [0.25, 0.3) is 11.7 Å². The van der Waals surface area contributed by atoms with Crippen molar-refractivity contribution >= 4 is 45.2 Å². The molecular weight excluding hydrogens is 538 g/mol. The molecule has 2 aromatic carbocycles. The lowest BCUT2D eigenvalue weighted by Crippen LogP contribution is -2.51. The third-order valence-electron chi connectivity index (χ3n) is 5.31. The van der Waals surface area contributed by atoms with Crippen LogP contribution in [0.1, 0.15) is 49.8 Å². The number of rotatable bonds is 9. The summed E-state index contributed by atoms with van der Waals surface area (Å²) in [6.45, 7) is 7.21. The Hall–Kier alpha value is -3.72. The molecule has 37 heavy (non-hydrogen) atoms. The standard InChI is InChI=1S/C28H30BrN3O5/c1-5-37-23(33)18-31-17-9-12-22(31)24(26(35)30-28(2,3)4)32(21-15-13-20(29)14-16-21)27(36)25(34)19-10-7-6-8-11-19/h6-17,24H,5,18H2,1-4H3,(H,30,35)/t24-/m0/s1. The molecule has 194 valence electrons. The first-order chi connectivity index (χ1) is 17.5. The first-order valence-electron chi connectivity index (χ1n) is 11.8. The monoisotopic (exact) mass is 567 g/mol. The summed E-state index contributed by atoms with van der Waals surface area (Å²) in [6.07, 6.45) is 1.63. The zero-order chi connectivity index (χ0) is 27.2. The number of aromatic nitrogens is 1. The van der Waals surface area contributed by atoms with Crippen molar-refractivity contribution in [2.45, 2.75) is 45.8 Å². The maximum absolute atomic E-state index is 13.9. The lowest BCUT2D eigenvalue weighted by molar-refractivity contribution is -0.144. The molecule has 1 heterocycles. The average molecular weight is 568 g/mol. The summed E-state index contributed by atoms with van der Waals surface area (Å²) in [4.78, 5) is 54.5. The Kier molecular flexibility index (Phi) is 9.04. The molecule has 0 aliphatic heterocycles. The van der Waals surface area contributed by atoms with Crippen LogP contribution in [0.15, 0.2) is 77.4 Å². The van der Waals surface area contributed by atoms with Gasteiger partial charge in [-0.05, 0) is 64.1 Å².